The molecule has 0 unspecified atom stereocenters. The van der Waals surface area contributed by atoms with E-state index in [-0.39, 0.29) is 17.1 Å². The first kappa shape index (κ1) is 21.6. The van der Waals surface area contributed by atoms with Gasteiger partial charge in [0.2, 0.25) is 10.9 Å². The van der Waals surface area contributed by atoms with Gasteiger partial charge in [0.25, 0.3) is 5.56 Å². The molecule has 1 aliphatic rings. The fraction of sp³-hybridized carbons (Fsp3) is 0.200. The van der Waals surface area contributed by atoms with Crippen LogP contribution in [0, 0.1) is 0 Å². The van der Waals surface area contributed by atoms with Crippen LogP contribution in [0.1, 0.15) is 32.8 Å². The van der Waals surface area contributed by atoms with Gasteiger partial charge in [0.1, 0.15) is 4.83 Å². The van der Waals surface area contributed by atoms with Crippen LogP contribution in [0.15, 0.2) is 64.5 Å². The summed E-state index contributed by atoms with van der Waals surface area (Å²) in [6, 6.07) is 16.7. The molecule has 1 aliphatic carbocycles. The quantitative estimate of drug-likeness (QED) is 0.232. The third-order valence-electron chi connectivity index (χ3n) is 6.05. The lowest BCUT2D eigenvalue weighted by atomic mass is 10.1. The fourth-order valence-electron chi connectivity index (χ4n) is 4.40. The molecule has 0 atom stereocenters. The van der Waals surface area contributed by atoms with E-state index < -0.39 is 0 Å². The summed E-state index contributed by atoms with van der Waals surface area (Å²) >= 11 is 8.85. The first-order chi connectivity index (χ1) is 16.6. The SMILES string of the molecule is O=C(CSc1nc2n(Cc3ccccc3)c(=O)c3c4c(sc3n2n1)CCC4)c1ccc(Cl)cc1. The number of aromatic nitrogens is 4. The lowest BCUT2D eigenvalue weighted by molar-refractivity contribution is 0.102. The number of halogens is 1. The molecule has 3 heterocycles. The summed E-state index contributed by atoms with van der Waals surface area (Å²) < 4.78 is 3.50. The highest BCUT2D eigenvalue weighted by atomic mass is 35.5. The number of carbonyl (C=O) groups excluding carboxylic acids is 1. The van der Waals surface area contributed by atoms with Crippen LogP contribution >= 0.6 is 34.7 Å². The lowest BCUT2D eigenvalue weighted by Crippen LogP contribution is -2.24. The van der Waals surface area contributed by atoms with Crippen LogP contribution in [0.25, 0.3) is 16.0 Å². The number of aryl methyl sites for hydroxylation is 2. The van der Waals surface area contributed by atoms with Crippen molar-refractivity contribution >= 4 is 56.5 Å². The maximum absolute atomic E-state index is 13.7. The first-order valence-electron chi connectivity index (χ1n) is 11.0. The van der Waals surface area contributed by atoms with E-state index in [4.69, 9.17) is 21.7 Å². The predicted octanol–water partition coefficient (Wildman–Crippen LogP) is 5.27. The van der Waals surface area contributed by atoms with Crippen LogP contribution < -0.4 is 5.56 Å². The molecular formula is C25H19ClN4O2S2. The van der Waals surface area contributed by atoms with E-state index in [0.717, 1.165) is 40.6 Å². The number of nitrogens with zero attached hydrogens (tertiary/aromatic N) is 4. The molecule has 0 amide bonds. The highest BCUT2D eigenvalue weighted by Crippen LogP contribution is 2.36. The molecule has 0 fully saturated rings. The van der Waals surface area contributed by atoms with E-state index in [9.17, 15) is 9.59 Å². The zero-order valence-electron chi connectivity index (χ0n) is 18.0. The van der Waals surface area contributed by atoms with Crippen molar-refractivity contribution in [1.29, 1.82) is 0 Å². The van der Waals surface area contributed by atoms with E-state index in [0.29, 0.717) is 28.1 Å². The molecule has 0 aliphatic heterocycles. The molecule has 0 N–H and O–H groups in total. The Kier molecular flexibility index (Phi) is 5.51. The van der Waals surface area contributed by atoms with Gasteiger partial charge < -0.3 is 0 Å². The van der Waals surface area contributed by atoms with Gasteiger partial charge in [-0.05, 0) is 54.7 Å². The highest BCUT2D eigenvalue weighted by molar-refractivity contribution is 7.99. The van der Waals surface area contributed by atoms with Gasteiger partial charge in [-0.25, -0.2) is 0 Å². The normalized spacial score (nSPS) is 13.1. The Bertz CT molecular complexity index is 1600. The Labute approximate surface area is 208 Å². The summed E-state index contributed by atoms with van der Waals surface area (Å²) in [5.74, 6) is 0.677. The number of hydrogen-bond donors (Lipinski definition) is 0. The molecule has 3 aromatic heterocycles. The third-order valence-corrected chi connectivity index (χ3v) is 8.41. The molecule has 2 aromatic carbocycles. The van der Waals surface area contributed by atoms with Gasteiger partial charge in [-0.1, -0.05) is 53.7 Å². The van der Waals surface area contributed by atoms with Crippen molar-refractivity contribution in [2.24, 2.45) is 0 Å². The van der Waals surface area contributed by atoms with Crippen molar-refractivity contribution < 1.29 is 4.79 Å². The van der Waals surface area contributed by atoms with Crippen LogP contribution in [-0.2, 0) is 19.4 Å². The second-order valence-corrected chi connectivity index (χ2v) is 10.7. The summed E-state index contributed by atoms with van der Waals surface area (Å²) in [4.78, 5) is 33.1. The minimum atomic E-state index is -0.0255. The van der Waals surface area contributed by atoms with Crippen LogP contribution in [0.4, 0.5) is 0 Å². The number of ketones is 1. The topological polar surface area (TPSA) is 69.3 Å². The second-order valence-electron chi connectivity index (χ2n) is 8.24. The average molecular weight is 507 g/mol. The molecule has 0 saturated carbocycles. The lowest BCUT2D eigenvalue weighted by Gasteiger charge is -2.08. The van der Waals surface area contributed by atoms with E-state index in [1.54, 1.807) is 44.7 Å². The summed E-state index contributed by atoms with van der Waals surface area (Å²) in [6.45, 7) is 0.413. The standard InChI is InChI=1S/C25H19ClN4O2S2/c26-17-11-9-16(10-12-17)19(31)14-33-24-27-25-29(13-15-5-2-1-3-6-15)22(32)21-18-7-4-8-20(18)34-23(21)30(25)28-24/h1-3,5-6,9-12H,4,7-8,13-14H2. The maximum atomic E-state index is 13.7. The minimum Gasteiger partial charge on any atom is -0.293 e. The van der Waals surface area contributed by atoms with Gasteiger partial charge in [-0.2, -0.15) is 9.50 Å². The van der Waals surface area contributed by atoms with Gasteiger partial charge in [-0.15, -0.1) is 16.4 Å². The van der Waals surface area contributed by atoms with Crippen molar-refractivity contribution in [1.82, 2.24) is 19.2 Å². The first-order valence-corrected chi connectivity index (χ1v) is 13.2. The molecule has 5 aromatic rings. The third kappa shape index (κ3) is 3.76. The number of carbonyl (C=O) groups is 1. The number of rotatable bonds is 6. The number of thioether (sulfide) groups is 1. The molecule has 6 rings (SSSR count). The van der Waals surface area contributed by atoms with Gasteiger partial charge >= 0.3 is 0 Å². The van der Waals surface area contributed by atoms with Gasteiger partial charge in [0.15, 0.2) is 5.78 Å². The Hall–Kier alpha value is -2.94. The number of thiophene rings is 1. The molecular weight excluding hydrogens is 488 g/mol. The van der Waals surface area contributed by atoms with Crippen LogP contribution in [0.5, 0.6) is 0 Å². The summed E-state index contributed by atoms with van der Waals surface area (Å²) in [5, 5.41) is 6.55. The van der Waals surface area contributed by atoms with Crippen molar-refractivity contribution in [3.05, 3.63) is 91.5 Å². The van der Waals surface area contributed by atoms with Crippen LogP contribution in [0.2, 0.25) is 5.02 Å². The smallest absolute Gasteiger partial charge is 0.264 e. The zero-order valence-corrected chi connectivity index (χ0v) is 20.4. The van der Waals surface area contributed by atoms with Crippen molar-refractivity contribution in [2.45, 2.75) is 31.0 Å². The largest absolute Gasteiger partial charge is 0.293 e. The molecule has 0 spiro atoms. The molecule has 0 saturated heterocycles. The van der Waals surface area contributed by atoms with Crippen molar-refractivity contribution in [3.63, 3.8) is 0 Å². The molecule has 170 valence electrons. The van der Waals surface area contributed by atoms with Crippen LogP contribution in [-0.4, -0.2) is 30.7 Å². The molecule has 0 bridgehead atoms. The highest BCUT2D eigenvalue weighted by Gasteiger charge is 2.25. The van der Waals surface area contributed by atoms with Crippen molar-refractivity contribution in [3.8, 4) is 0 Å². The van der Waals surface area contributed by atoms with Gasteiger partial charge in [0, 0.05) is 15.5 Å². The van der Waals surface area contributed by atoms with Crippen molar-refractivity contribution in [2.75, 3.05) is 5.75 Å². The van der Waals surface area contributed by atoms with E-state index >= 15 is 0 Å². The predicted molar refractivity (Wildman–Crippen MR) is 137 cm³/mol. The number of fused-ring (bicyclic) bond motifs is 5. The Morgan fingerprint density at radius 1 is 1.09 bits per heavy atom. The van der Waals surface area contributed by atoms with E-state index in [1.165, 1.54) is 16.6 Å². The molecule has 9 heteroatoms. The summed E-state index contributed by atoms with van der Waals surface area (Å²) in [7, 11) is 0. The Balaban J connectivity index is 1.42. The Morgan fingerprint density at radius 2 is 1.88 bits per heavy atom. The fourth-order valence-corrected chi connectivity index (χ4v) is 6.57. The number of hydrogen-bond acceptors (Lipinski definition) is 6. The van der Waals surface area contributed by atoms with Gasteiger partial charge in [0.05, 0.1) is 17.7 Å². The average Bonchev–Trinajstić information content (AvgIpc) is 3.55. The summed E-state index contributed by atoms with van der Waals surface area (Å²) in [5.41, 5.74) is 2.76. The van der Waals surface area contributed by atoms with E-state index in [2.05, 4.69) is 0 Å². The maximum Gasteiger partial charge on any atom is 0.264 e. The van der Waals surface area contributed by atoms with Gasteiger partial charge in [-0.3, -0.25) is 14.2 Å². The second kappa shape index (κ2) is 8.69. The molecule has 6 nitrogen and oxygen atoms in total. The zero-order chi connectivity index (χ0) is 23.2. The number of Topliss-reactive ketones (excluding diaryl/α,β-unsaturated/α-hetero) is 1. The summed E-state index contributed by atoms with van der Waals surface area (Å²) in [6.07, 6.45) is 3.01. The Morgan fingerprint density at radius 3 is 2.68 bits per heavy atom. The van der Waals surface area contributed by atoms with Crippen LogP contribution in [0.3, 0.4) is 0 Å². The monoisotopic (exact) mass is 506 g/mol. The number of benzene rings is 2. The minimum absolute atomic E-state index is 0.0213. The molecule has 0 radical (unpaired) electrons. The molecule has 34 heavy (non-hydrogen) atoms. The van der Waals surface area contributed by atoms with E-state index in [1.807, 2.05) is 30.3 Å².